The Balaban J connectivity index is 1.19. The number of aromatic amines is 2. The lowest BCUT2D eigenvalue weighted by Crippen LogP contribution is -2.51. The van der Waals surface area contributed by atoms with E-state index < -0.39 is 24.3 Å². The van der Waals surface area contributed by atoms with E-state index in [2.05, 4.69) is 68.5 Å². The summed E-state index contributed by atoms with van der Waals surface area (Å²) in [6.45, 7) is 12.3. The molecule has 322 valence electrons. The monoisotopic (exact) mass is 838 g/mol. The number of aromatic nitrogens is 4. The molecule has 0 bridgehead atoms. The molecule has 0 radical (unpaired) electrons. The zero-order valence-electron chi connectivity index (χ0n) is 36.6. The number of alkyl carbamates (subject to hydrolysis) is 2. The lowest BCUT2D eigenvalue weighted by atomic mass is 9.90. The minimum absolute atomic E-state index is 0.131. The summed E-state index contributed by atoms with van der Waals surface area (Å²) in [6.07, 6.45) is 3.63. The van der Waals surface area contributed by atoms with Crippen molar-refractivity contribution < 1.29 is 28.7 Å². The molecular formula is C48H54N8O6. The second kappa shape index (κ2) is 18.4. The van der Waals surface area contributed by atoms with Gasteiger partial charge in [0.1, 0.15) is 23.7 Å². The Hall–Kier alpha value is -6.80. The van der Waals surface area contributed by atoms with Gasteiger partial charge in [0.05, 0.1) is 49.2 Å². The molecule has 7 rings (SSSR count). The highest BCUT2D eigenvalue weighted by Crippen LogP contribution is 2.38. The van der Waals surface area contributed by atoms with Crippen molar-refractivity contribution in [3.05, 3.63) is 71.4 Å². The first-order valence-electron chi connectivity index (χ1n) is 21.2. The predicted octanol–water partition coefficient (Wildman–Crippen LogP) is 7.60. The molecule has 0 spiro atoms. The van der Waals surface area contributed by atoms with Gasteiger partial charge >= 0.3 is 12.2 Å². The predicted molar refractivity (Wildman–Crippen MR) is 237 cm³/mol. The third kappa shape index (κ3) is 8.55. The highest BCUT2D eigenvalue weighted by Gasteiger charge is 2.39. The third-order valence-corrected chi connectivity index (χ3v) is 11.8. The number of amides is 4. The number of hydrogen-bond acceptors (Lipinski definition) is 8. The van der Waals surface area contributed by atoms with Crippen LogP contribution in [0.2, 0.25) is 0 Å². The first-order valence-corrected chi connectivity index (χ1v) is 21.2. The Labute approximate surface area is 361 Å². The first kappa shape index (κ1) is 43.3. The number of nitrogens with one attached hydrogen (secondary N) is 4. The molecule has 2 saturated heterocycles. The van der Waals surface area contributed by atoms with E-state index >= 15 is 0 Å². The van der Waals surface area contributed by atoms with Crippen molar-refractivity contribution in [2.75, 3.05) is 27.3 Å². The fraction of sp³-hybridized carbons (Fsp3) is 0.417. The number of carbonyl (C=O) groups is 4. The molecule has 14 heteroatoms. The average molecular weight is 839 g/mol. The van der Waals surface area contributed by atoms with Crippen molar-refractivity contribution in [1.29, 1.82) is 0 Å². The molecular weight excluding hydrogens is 785 g/mol. The molecule has 4 N–H and O–H groups in total. The number of fused-ring (bicyclic) bond motifs is 3. The molecule has 1 unspecified atom stereocenters. The van der Waals surface area contributed by atoms with Gasteiger partial charge in [0, 0.05) is 40.7 Å². The van der Waals surface area contributed by atoms with Crippen molar-refractivity contribution in [2.45, 2.75) is 91.4 Å². The van der Waals surface area contributed by atoms with Gasteiger partial charge in [0.25, 0.3) is 0 Å². The van der Waals surface area contributed by atoms with Crippen molar-refractivity contribution in [3.63, 3.8) is 0 Å². The Morgan fingerprint density at radius 1 is 0.742 bits per heavy atom. The van der Waals surface area contributed by atoms with Gasteiger partial charge < -0.3 is 39.9 Å². The maximum absolute atomic E-state index is 13.8. The second-order valence-corrected chi connectivity index (χ2v) is 16.5. The van der Waals surface area contributed by atoms with Crippen molar-refractivity contribution in [3.8, 4) is 46.1 Å². The number of nitrogens with zero attached hydrogens (tertiary/aromatic N) is 4. The van der Waals surface area contributed by atoms with Gasteiger partial charge in [-0.05, 0) is 86.6 Å². The van der Waals surface area contributed by atoms with Gasteiger partial charge in [-0.25, -0.2) is 19.6 Å². The van der Waals surface area contributed by atoms with Crippen LogP contribution in [0.15, 0.2) is 48.7 Å². The van der Waals surface area contributed by atoms with E-state index in [1.54, 1.807) is 11.1 Å². The Morgan fingerprint density at radius 3 is 1.84 bits per heavy atom. The van der Waals surface area contributed by atoms with Crippen LogP contribution in [0.25, 0.3) is 44.2 Å². The first-order chi connectivity index (χ1) is 29.9. The molecule has 14 nitrogen and oxygen atoms in total. The molecule has 2 aliphatic heterocycles. The smallest absolute Gasteiger partial charge is 0.407 e. The van der Waals surface area contributed by atoms with Gasteiger partial charge in [-0.3, -0.25) is 9.59 Å². The van der Waals surface area contributed by atoms with Crippen LogP contribution < -0.4 is 10.6 Å². The van der Waals surface area contributed by atoms with Crippen LogP contribution in [0, 0.1) is 35.5 Å². The highest BCUT2D eigenvalue weighted by atomic mass is 16.5. The number of hydrogen-bond donors (Lipinski definition) is 4. The zero-order chi connectivity index (χ0) is 44.2. The number of likely N-dealkylation sites (tertiary alicyclic amines) is 2. The average Bonchev–Trinajstić information content (AvgIpc) is 4.10. The number of imidazole rings is 2. The zero-order valence-corrected chi connectivity index (χ0v) is 36.6. The summed E-state index contributed by atoms with van der Waals surface area (Å²) in [5.74, 6) is 13.7. The van der Waals surface area contributed by atoms with Crippen molar-refractivity contribution in [2.24, 2.45) is 11.8 Å². The van der Waals surface area contributed by atoms with Crippen LogP contribution >= 0.6 is 0 Å². The van der Waals surface area contributed by atoms with Crippen molar-refractivity contribution >= 4 is 45.8 Å². The molecule has 4 amide bonds. The van der Waals surface area contributed by atoms with Crippen LogP contribution in [0.5, 0.6) is 0 Å². The third-order valence-electron chi connectivity index (χ3n) is 11.8. The quantitative estimate of drug-likeness (QED) is 0.104. The van der Waals surface area contributed by atoms with E-state index in [-0.39, 0.29) is 35.7 Å². The lowest BCUT2D eigenvalue weighted by molar-refractivity contribution is -0.136. The van der Waals surface area contributed by atoms with Gasteiger partial charge in [0.2, 0.25) is 11.8 Å². The number of carbonyl (C=O) groups excluding carboxylic acids is 4. The van der Waals surface area contributed by atoms with E-state index in [4.69, 9.17) is 19.4 Å². The molecule has 3 aromatic carbocycles. The highest BCUT2D eigenvalue weighted by molar-refractivity contribution is 6.06. The summed E-state index contributed by atoms with van der Waals surface area (Å²) in [4.78, 5) is 72.2. The van der Waals surface area contributed by atoms with E-state index in [1.165, 1.54) is 14.2 Å². The van der Waals surface area contributed by atoms with Crippen LogP contribution in [0.1, 0.15) is 102 Å². The topological polar surface area (TPSA) is 175 Å². The molecule has 62 heavy (non-hydrogen) atoms. The van der Waals surface area contributed by atoms with E-state index in [0.29, 0.717) is 24.7 Å². The summed E-state index contributed by atoms with van der Waals surface area (Å²) in [5, 5.41) is 7.38. The maximum atomic E-state index is 13.8. The van der Waals surface area contributed by atoms with Crippen molar-refractivity contribution in [1.82, 2.24) is 40.4 Å². The van der Waals surface area contributed by atoms with Gasteiger partial charge in [-0.1, -0.05) is 57.7 Å². The molecule has 2 aromatic heterocycles. The fourth-order valence-corrected chi connectivity index (χ4v) is 8.75. The summed E-state index contributed by atoms with van der Waals surface area (Å²) in [6, 6.07) is 12.5. The summed E-state index contributed by atoms with van der Waals surface area (Å²) in [7, 11) is 2.57. The number of methoxy groups -OCH3 is 2. The number of benzene rings is 3. The lowest BCUT2D eigenvalue weighted by Gasteiger charge is -2.30. The molecule has 4 atom stereocenters. The number of H-pyrrole nitrogens is 2. The number of rotatable bonds is 10. The summed E-state index contributed by atoms with van der Waals surface area (Å²) < 4.78 is 9.60. The molecule has 4 heterocycles. The van der Waals surface area contributed by atoms with Gasteiger partial charge in [-0.2, -0.15) is 0 Å². The van der Waals surface area contributed by atoms with E-state index in [9.17, 15) is 19.2 Å². The maximum Gasteiger partial charge on any atom is 0.407 e. The SMILES string of the molecule is CC#Cc1cc(-c2cnc([C@@H]3CCCN3C(=O)C(NC(=O)OC)C(C)C)[nH]2)cc(C#CC)c1-c1ccc2c(ccc3[nH]c([C@@H]4CCCN4C(=O)[C@@H](NC(=O)OC)C(C)C)nc32)c1. The molecule has 2 fully saturated rings. The van der Waals surface area contributed by atoms with Gasteiger partial charge in [-0.15, -0.1) is 11.8 Å². The van der Waals surface area contributed by atoms with Crippen LogP contribution in [-0.2, 0) is 19.1 Å². The standard InChI is InChI=1S/C48H54N8O6/c1-9-13-30-24-33(36-26-49-43(51-36)37-15-11-21-55(37)45(57)40(27(3)4)53-47(59)61-7)25-31(14-10-2)39(30)32-17-19-34-29(23-32)18-20-35-42(34)52-44(50-35)38-16-12-22-56(38)46(58)41(28(5)6)54-48(60)62-8/h17-20,23-28,37-38,40-41H,11-12,15-16,21-22H2,1-8H3,(H,49,51)(H,50,52)(H,53,59)(H,54,60)/t37-,38-,40?,41-/m0/s1. The van der Waals surface area contributed by atoms with E-state index in [1.807, 2.05) is 64.6 Å². The normalized spacial score (nSPS) is 17.1. The summed E-state index contributed by atoms with van der Waals surface area (Å²) >= 11 is 0. The minimum atomic E-state index is -0.727. The number of ether oxygens (including phenoxy) is 2. The van der Waals surface area contributed by atoms with Crippen LogP contribution in [0.4, 0.5) is 9.59 Å². The minimum Gasteiger partial charge on any atom is -0.453 e. The molecule has 5 aromatic rings. The molecule has 0 aliphatic carbocycles. The molecule has 0 saturated carbocycles. The molecule has 2 aliphatic rings. The Kier molecular flexibility index (Phi) is 12.9. The van der Waals surface area contributed by atoms with E-state index in [0.717, 1.165) is 81.0 Å². The van der Waals surface area contributed by atoms with Crippen LogP contribution in [0.3, 0.4) is 0 Å². The van der Waals surface area contributed by atoms with Gasteiger partial charge in [0.15, 0.2) is 0 Å². The largest absolute Gasteiger partial charge is 0.453 e. The summed E-state index contributed by atoms with van der Waals surface area (Å²) in [5.41, 5.74) is 6.78. The van der Waals surface area contributed by atoms with Crippen LogP contribution in [-0.4, -0.2) is 93.1 Å². The Bertz CT molecular complexity index is 2620. The Morgan fingerprint density at radius 2 is 1.31 bits per heavy atom. The fourth-order valence-electron chi connectivity index (χ4n) is 8.75. The second-order valence-electron chi connectivity index (χ2n) is 16.5.